The molecule has 1 saturated carbocycles. The average Bonchev–Trinajstić information content (AvgIpc) is 2.33. The first kappa shape index (κ1) is 12.6. The Kier molecular flexibility index (Phi) is 4.16. The maximum atomic E-state index is 6.28. The Balaban J connectivity index is 2.09. The standard InChI is InChI=1S/C15H24N2/c1-3-4-12-6-8-15(16)14(9-12)13-7-5-11(2)17-10-13/h5,7,10,12,14-15H,3-4,6,8-9,16H2,1-2H3. The van der Waals surface area contributed by atoms with Crippen molar-refractivity contribution in [3.63, 3.8) is 0 Å². The van der Waals surface area contributed by atoms with E-state index in [4.69, 9.17) is 5.73 Å². The molecule has 0 amide bonds. The molecule has 1 heterocycles. The van der Waals surface area contributed by atoms with Gasteiger partial charge in [-0.15, -0.1) is 0 Å². The molecule has 0 spiro atoms. The Morgan fingerprint density at radius 3 is 2.82 bits per heavy atom. The number of rotatable bonds is 3. The molecule has 1 aromatic heterocycles. The highest BCUT2D eigenvalue weighted by Gasteiger charge is 2.28. The summed E-state index contributed by atoms with van der Waals surface area (Å²) < 4.78 is 0. The Hall–Kier alpha value is -0.890. The minimum Gasteiger partial charge on any atom is -0.327 e. The van der Waals surface area contributed by atoms with Gasteiger partial charge in [-0.2, -0.15) is 0 Å². The van der Waals surface area contributed by atoms with Crippen LogP contribution >= 0.6 is 0 Å². The molecule has 0 saturated heterocycles. The van der Waals surface area contributed by atoms with Gasteiger partial charge in [-0.3, -0.25) is 4.98 Å². The van der Waals surface area contributed by atoms with Crippen LogP contribution in [0, 0.1) is 12.8 Å². The lowest BCUT2D eigenvalue weighted by Gasteiger charge is -2.34. The molecule has 3 atom stereocenters. The third kappa shape index (κ3) is 3.06. The number of hydrogen-bond donors (Lipinski definition) is 1. The molecule has 1 fully saturated rings. The first-order valence-electron chi connectivity index (χ1n) is 6.88. The SMILES string of the molecule is CCCC1CCC(N)C(c2ccc(C)nc2)C1. The number of aryl methyl sites for hydroxylation is 1. The van der Waals surface area contributed by atoms with Crippen LogP contribution in [0.4, 0.5) is 0 Å². The van der Waals surface area contributed by atoms with Gasteiger partial charge in [0.1, 0.15) is 0 Å². The topological polar surface area (TPSA) is 38.9 Å². The minimum atomic E-state index is 0.326. The van der Waals surface area contributed by atoms with Crippen molar-refractivity contribution in [2.24, 2.45) is 11.7 Å². The molecule has 2 rings (SSSR count). The number of pyridine rings is 1. The summed E-state index contributed by atoms with van der Waals surface area (Å²) in [5.41, 5.74) is 8.70. The lowest BCUT2D eigenvalue weighted by molar-refractivity contribution is 0.274. The first-order chi connectivity index (χ1) is 8.20. The summed E-state index contributed by atoms with van der Waals surface area (Å²) in [5.74, 6) is 1.39. The molecule has 2 N–H and O–H groups in total. The number of nitrogens with two attached hydrogens (primary N) is 1. The summed E-state index contributed by atoms with van der Waals surface area (Å²) in [4.78, 5) is 4.40. The summed E-state index contributed by atoms with van der Waals surface area (Å²) >= 11 is 0. The Labute approximate surface area is 105 Å². The molecule has 94 valence electrons. The predicted molar refractivity (Wildman–Crippen MR) is 71.9 cm³/mol. The van der Waals surface area contributed by atoms with Crippen molar-refractivity contribution in [3.05, 3.63) is 29.6 Å². The van der Waals surface area contributed by atoms with E-state index in [1.807, 2.05) is 13.1 Å². The summed E-state index contributed by atoms with van der Waals surface area (Å²) in [7, 11) is 0. The van der Waals surface area contributed by atoms with Crippen LogP contribution in [0.25, 0.3) is 0 Å². The van der Waals surface area contributed by atoms with E-state index in [-0.39, 0.29) is 0 Å². The van der Waals surface area contributed by atoms with Gasteiger partial charge in [0.05, 0.1) is 0 Å². The molecule has 17 heavy (non-hydrogen) atoms. The summed E-state index contributed by atoms with van der Waals surface area (Å²) in [5, 5.41) is 0. The van der Waals surface area contributed by atoms with Gasteiger partial charge in [-0.1, -0.05) is 25.8 Å². The molecule has 1 aliphatic carbocycles. The van der Waals surface area contributed by atoms with E-state index < -0.39 is 0 Å². The third-order valence-electron chi connectivity index (χ3n) is 4.07. The molecule has 2 nitrogen and oxygen atoms in total. The number of aromatic nitrogens is 1. The lowest BCUT2D eigenvalue weighted by Crippen LogP contribution is -2.34. The fraction of sp³-hybridized carbons (Fsp3) is 0.667. The van der Waals surface area contributed by atoms with E-state index >= 15 is 0 Å². The molecule has 1 aliphatic rings. The van der Waals surface area contributed by atoms with Crippen molar-refractivity contribution < 1.29 is 0 Å². The van der Waals surface area contributed by atoms with Crippen LogP contribution in [-0.4, -0.2) is 11.0 Å². The molecule has 1 aromatic rings. The van der Waals surface area contributed by atoms with Gasteiger partial charge in [0.2, 0.25) is 0 Å². The second-order valence-corrected chi connectivity index (χ2v) is 5.47. The van der Waals surface area contributed by atoms with E-state index in [9.17, 15) is 0 Å². The van der Waals surface area contributed by atoms with Gasteiger partial charge < -0.3 is 5.73 Å². The largest absolute Gasteiger partial charge is 0.327 e. The second kappa shape index (κ2) is 5.63. The Morgan fingerprint density at radius 2 is 2.18 bits per heavy atom. The highest BCUT2D eigenvalue weighted by Crippen LogP contribution is 2.37. The Bertz CT molecular complexity index is 344. The maximum absolute atomic E-state index is 6.28. The molecule has 2 heteroatoms. The van der Waals surface area contributed by atoms with Gasteiger partial charge in [0, 0.05) is 23.9 Å². The first-order valence-corrected chi connectivity index (χ1v) is 6.88. The maximum Gasteiger partial charge on any atom is 0.0372 e. The monoisotopic (exact) mass is 232 g/mol. The fourth-order valence-corrected chi connectivity index (χ4v) is 3.03. The quantitative estimate of drug-likeness (QED) is 0.867. The van der Waals surface area contributed by atoms with E-state index in [0.717, 1.165) is 11.6 Å². The van der Waals surface area contributed by atoms with Gasteiger partial charge in [0.15, 0.2) is 0 Å². The molecular weight excluding hydrogens is 208 g/mol. The lowest BCUT2D eigenvalue weighted by atomic mass is 9.74. The molecule has 0 aliphatic heterocycles. The normalized spacial score (nSPS) is 29.2. The van der Waals surface area contributed by atoms with Crippen LogP contribution in [0.5, 0.6) is 0 Å². The zero-order chi connectivity index (χ0) is 12.3. The van der Waals surface area contributed by atoms with Gasteiger partial charge >= 0.3 is 0 Å². The van der Waals surface area contributed by atoms with Crippen LogP contribution in [0.3, 0.4) is 0 Å². The number of nitrogens with zero attached hydrogens (tertiary/aromatic N) is 1. The van der Waals surface area contributed by atoms with Crippen molar-refractivity contribution in [2.75, 3.05) is 0 Å². The van der Waals surface area contributed by atoms with Crippen molar-refractivity contribution in [1.82, 2.24) is 4.98 Å². The van der Waals surface area contributed by atoms with Crippen LogP contribution in [0.2, 0.25) is 0 Å². The van der Waals surface area contributed by atoms with Gasteiger partial charge in [-0.25, -0.2) is 0 Å². The number of hydrogen-bond acceptors (Lipinski definition) is 2. The highest BCUT2D eigenvalue weighted by molar-refractivity contribution is 5.20. The fourth-order valence-electron chi connectivity index (χ4n) is 3.03. The Morgan fingerprint density at radius 1 is 1.35 bits per heavy atom. The van der Waals surface area contributed by atoms with E-state index in [2.05, 4.69) is 24.0 Å². The third-order valence-corrected chi connectivity index (χ3v) is 4.07. The molecule has 3 unspecified atom stereocenters. The summed E-state index contributed by atoms with van der Waals surface area (Å²) in [6, 6.07) is 4.64. The second-order valence-electron chi connectivity index (χ2n) is 5.47. The van der Waals surface area contributed by atoms with Crippen LogP contribution in [0.15, 0.2) is 18.3 Å². The predicted octanol–water partition coefficient (Wildman–Crippen LogP) is 3.40. The van der Waals surface area contributed by atoms with Crippen molar-refractivity contribution in [3.8, 4) is 0 Å². The molecule has 0 aromatic carbocycles. The van der Waals surface area contributed by atoms with E-state index in [0.29, 0.717) is 12.0 Å². The van der Waals surface area contributed by atoms with Crippen LogP contribution < -0.4 is 5.73 Å². The zero-order valence-corrected chi connectivity index (χ0v) is 11.0. The molecule has 0 bridgehead atoms. The smallest absolute Gasteiger partial charge is 0.0372 e. The van der Waals surface area contributed by atoms with Crippen LogP contribution in [0.1, 0.15) is 56.2 Å². The summed E-state index contributed by atoms with van der Waals surface area (Å²) in [6.45, 7) is 4.31. The van der Waals surface area contributed by atoms with Crippen molar-refractivity contribution in [2.45, 2.75) is 57.9 Å². The molecule has 0 radical (unpaired) electrons. The van der Waals surface area contributed by atoms with Gasteiger partial charge in [-0.05, 0) is 43.7 Å². The van der Waals surface area contributed by atoms with Crippen LogP contribution in [-0.2, 0) is 0 Å². The zero-order valence-electron chi connectivity index (χ0n) is 11.0. The minimum absolute atomic E-state index is 0.326. The van der Waals surface area contributed by atoms with Crippen molar-refractivity contribution in [1.29, 1.82) is 0 Å². The van der Waals surface area contributed by atoms with Crippen molar-refractivity contribution >= 4 is 0 Å². The summed E-state index contributed by atoms with van der Waals surface area (Å²) in [6.07, 6.45) is 8.39. The van der Waals surface area contributed by atoms with E-state index in [1.165, 1.54) is 37.7 Å². The molecular formula is C15H24N2. The van der Waals surface area contributed by atoms with Gasteiger partial charge in [0.25, 0.3) is 0 Å². The average molecular weight is 232 g/mol. The van der Waals surface area contributed by atoms with E-state index in [1.54, 1.807) is 0 Å². The highest BCUT2D eigenvalue weighted by atomic mass is 14.7.